The van der Waals surface area contributed by atoms with Crippen LogP contribution in [0.15, 0.2) is 16.5 Å². The summed E-state index contributed by atoms with van der Waals surface area (Å²) in [6.45, 7) is 0.648. The van der Waals surface area contributed by atoms with Gasteiger partial charge in [-0.1, -0.05) is 0 Å². The zero-order valence-electron chi connectivity index (χ0n) is 10.4. The van der Waals surface area contributed by atoms with Gasteiger partial charge in [-0.25, -0.2) is 0 Å². The molecule has 1 aromatic heterocycles. The van der Waals surface area contributed by atoms with E-state index in [1.165, 1.54) is 12.1 Å². The number of piperidine rings is 1. The second-order valence-corrected chi connectivity index (χ2v) is 4.90. The Bertz CT molecular complexity index is 472. The molecule has 1 unspecified atom stereocenters. The number of rotatable bonds is 4. The molecule has 1 fully saturated rings. The Hall–Kier alpha value is -1.56. The van der Waals surface area contributed by atoms with Gasteiger partial charge in [0.15, 0.2) is 5.76 Å². The van der Waals surface area contributed by atoms with Crippen LogP contribution in [-0.4, -0.2) is 34.2 Å². The van der Waals surface area contributed by atoms with Crippen molar-refractivity contribution in [3.05, 3.63) is 28.0 Å². The predicted molar refractivity (Wildman–Crippen MR) is 69.4 cm³/mol. The maximum atomic E-state index is 12.3. The molecule has 0 saturated carbocycles. The fourth-order valence-electron chi connectivity index (χ4n) is 2.38. The van der Waals surface area contributed by atoms with Gasteiger partial charge in [0.05, 0.1) is 6.07 Å². The number of nitrogens with zero attached hydrogens (tertiary/aromatic N) is 2. The van der Waals surface area contributed by atoms with Crippen LogP contribution in [0.25, 0.3) is 0 Å². The van der Waals surface area contributed by atoms with Crippen molar-refractivity contribution in [2.45, 2.75) is 31.7 Å². The number of alkyl halides is 1. The van der Waals surface area contributed by atoms with Crippen LogP contribution in [0.2, 0.25) is 0 Å². The third-order valence-corrected chi connectivity index (χ3v) is 3.53. The van der Waals surface area contributed by atoms with Gasteiger partial charge in [0.25, 0.3) is 5.91 Å². The lowest BCUT2D eigenvalue weighted by Gasteiger charge is -2.34. The maximum absolute atomic E-state index is 12.3. The van der Waals surface area contributed by atoms with Crippen molar-refractivity contribution in [3.63, 3.8) is 0 Å². The highest BCUT2D eigenvalue weighted by Gasteiger charge is 2.29. The highest BCUT2D eigenvalue weighted by molar-refractivity contribution is 6.17. The zero-order chi connectivity index (χ0) is 13.8. The van der Waals surface area contributed by atoms with Crippen LogP contribution >= 0.6 is 11.6 Å². The molecule has 6 nitrogen and oxygen atoms in total. The summed E-state index contributed by atoms with van der Waals surface area (Å²) >= 11 is 5.75. The Balaban J connectivity index is 2.13. The van der Waals surface area contributed by atoms with E-state index in [-0.39, 0.29) is 17.7 Å². The second-order valence-electron chi connectivity index (χ2n) is 4.52. The molecule has 19 heavy (non-hydrogen) atoms. The monoisotopic (exact) mass is 286 g/mol. The standard InChI is InChI=1S/C12H15ClN2O4/c13-7-6-9-3-1-2-8-14(9)12(16)10-4-5-11(19-10)15(17)18/h4-5,9H,1-3,6-8H2. The molecule has 1 aliphatic rings. The largest absolute Gasteiger partial charge is 0.433 e. The molecular weight excluding hydrogens is 272 g/mol. The van der Waals surface area contributed by atoms with Crippen molar-refractivity contribution in [1.82, 2.24) is 4.90 Å². The third-order valence-electron chi connectivity index (χ3n) is 3.31. The molecule has 7 heteroatoms. The van der Waals surface area contributed by atoms with Crippen LogP contribution in [0.1, 0.15) is 36.2 Å². The van der Waals surface area contributed by atoms with Crippen LogP contribution in [0, 0.1) is 10.1 Å². The number of hydrogen-bond donors (Lipinski definition) is 0. The minimum atomic E-state index is -0.650. The summed E-state index contributed by atoms with van der Waals surface area (Å²) in [6, 6.07) is 2.66. The first-order chi connectivity index (χ1) is 9.13. The molecule has 104 valence electrons. The predicted octanol–water partition coefficient (Wildman–Crippen LogP) is 2.81. The van der Waals surface area contributed by atoms with Crippen LogP contribution in [-0.2, 0) is 0 Å². The van der Waals surface area contributed by atoms with E-state index in [4.69, 9.17) is 16.0 Å². The molecular formula is C12H15ClN2O4. The molecule has 1 saturated heterocycles. The average Bonchev–Trinajstić information content (AvgIpc) is 2.89. The number of hydrogen-bond acceptors (Lipinski definition) is 4. The molecule has 1 aliphatic heterocycles. The van der Waals surface area contributed by atoms with Gasteiger partial charge < -0.3 is 9.32 Å². The van der Waals surface area contributed by atoms with Gasteiger partial charge in [-0.3, -0.25) is 14.9 Å². The summed E-state index contributed by atoms with van der Waals surface area (Å²) in [5, 5.41) is 10.5. The van der Waals surface area contributed by atoms with E-state index in [9.17, 15) is 14.9 Å². The third kappa shape index (κ3) is 3.07. The van der Waals surface area contributed by atoms with Crippen molar-refractivity contribution in [3.8, 4) is 0 Å². The van der Waals surface area contributed by atoms with Crippen LogP contribution in [0.4, 0.5) is 5.88 Å². The normalized spacial score (nSPS) is 19.4. The van der Waals surface area contributed by atoms with Crippen molar-refractivity contribution in [2.24, 2.45) is 0 Å². The topological polar surface area (TPSA) is 76.6 Å². The molecule has 1 atom stereocenters. The highest BCUT2D eigenvalue weighted by Crippen LogP contribution is 2.24. The lowest BCUT2D eigenvalue weighted by molar-refractivity contribution is -0.402. The Kier molecular flexibility index (Phi) is 4.42. The Morgan fingerprint density at radius 1 is 1.53 bits per heavy atom. The number of furan rings is 1. The van der Waals surface area contributed by atoms with Crippen molar-refractivity contribution in [2.75, 3.05) is 12.4 Å². The van der Waals surface area contributed by atoms with Gasteiger partial charge in [-0.05, 0) is 31.7 Å². The number of nitro groups is 1. The molecule has 0 N–H and O–H groups in total. The number of likely N-dealkylation sites (tertiary alicyclic amines) is 1. The molecule has 1 amide bonds. The first-order valence-corrected chi connectivity index (χ1v) is 6.78. The van der Waals surface area contributed by atoms with Gasteiger partial charge >= 0.3 is 5.88 Å². The lowest BCUT2D eigenvalue weighted by Crippen LogP contribution is -2.43. The quantitative estimate of drug-likeness (QED) is 0.484. The summed E-state index contributed by atoms with van der Waals surface area (Å²) in [5.74, 6) is -0.183. The van der Waals surface area contributed by atoms with Crippen molar-refractivity contribution < 1.29 is 14.1 Å². The van der Waals surface area contributed by atoms with E-state index in [1.54, 1.807) is 4.90 Å². The van der Waals surface area contributed by atoms with Crippen LogP contribution in [0.5, 0.6) is 0 Å². The van der Waals surface area contributed by atoms with Crippen molar-refractivity contribution in [1.29, 1.82) is 0 Å². The smallest absolute Gasteiger partial charge is 0.395 e. The first-order valence-electron chi connectivity index (χ1n) is 6.24. The second kappa shape index (κ2) is 6.06. The van der Waals surface area contributed by atoms with Gasteiger partial charge in [-0.15, -0.1) is 11.6 Å². The number of carbonyl (C=O) groups excluding carboxylic acids is 1. The Morgan fingerprint density at radius 2 is 2.32 bits per heavy atom. The van der Waals surface area contributed by atoms with Gasteiger partial charge in [0.2, 0.25) is 0 Å². The van der Waals surface area contributed by atoms with E-state index in [0.717, 1.165) is 25.7 Å². The number of halogens is 1. The molecule has 0 spiro atoms. The molecule has 1 aromatic rings. The summed E-state index contributed by atoms with van der Waals surface area (Å²) in [7, 11) is 0. The number of carbonyl (C=O) groups is 1. The van der Waals surface area contributed by atoms with E-state index < -0.39 is 10.8 Å². The Labute approximate surface area is 115 Å². The van der Waals surface area contributed by atoms with Crippen LogP contribution < -0.4 is 0 Å². The summed E-state index contributed by atoms with van der Waals surface area (Å²) in [6.07, 6.45) is 3.66. The molecule has 2 heterocycles. The SMILES string of the molecule is O=C(c1ccc([N+](=O)[O-])o1)N1CCCCC1CCCl. The van der Waals surface area contributed by atoms with E-state index in [0.29, 0.717) is 12.4 Å². The molecule has 0 radical (unpaired) electrons. The molecule has 0 bridgehead atoms. The summed E-state index contributed by atoms with van der Waals surface area (Å²) < 4.78 is 4.96. The van der Waals surface area contributed by atoms with Gasteiger partial charge in [-0.2, -0.15) is 0 Å². The van der Waals surface area contributed by atoms with E-state index >= 15 is 0 Å². The van der Waals surface area contributed by atoms with Gasteiger partial charge in [0, 0.05) is 18.5 Å². The maximum Gasteiger partial charge on any atom is 0.433 e. The average molecular weight is 287 g/mol. The Morgan fingerprint density at radius 3 is 2.95 bits per heavy atom. The minimum Gasteiger partial charge on any atom is -0.395 e. The molecule has 0 aliphatic carbocycles. The van der Waals surface area contributed by atoms with E-state index in [2.05, 4.69) is 0 Å². The molecule has 0 aromatic carbocycles. The molecule has 2 rings (SSSR count). The van der Waals surface area contributed by atoms with E-state index in [1.807, 2.05) is 0 Å². The summed E-state index contributed by atoms with van der Waals surface area (Å²) in [5.41, 5.74) is 0. The highest BCUT2D eigenvalue weighted by atomic mass is 35.5. The van der Waals surface area contributed by atoms with Crippen LogP contribution in [0.3, 0.4) is 0 Å². The first kappa shape index (κ1) is 13.9. The fourth-order valence-corrected chi connectivity index (χ4v) is 2.63. The zero-order valence-corrected chi connectivity index (χ0v) is 11.1. The van der Waals surface area contributed by atoms with Crippen molar-refractivity contribution >= 4 is 23.4 Å². The summed E-state index contributed by atoms with van der Waals surface area (Å²) in [4.78, 5) is 23.9. The van der Waals surface area contributed by atoms with Gasteiger partial charge in [0.1, 0.15) is 4.92 Å². The fraction of sp³-hybridized carbons (Fsp3) is 0.583. The lowest BCUT2D eigenvalue weighted by atomic mass is 9.99. The number of amides is 1. The minimum absolute atomic E-state index is 0.0215.